The summed E-state index contributed by atoms with van der Waals surface area (Å²) in [5.41, 5.74) is 5.94. The molecule has 4 rings (SSSR count). The van der Waals surface area contributed by atoms with Gasteiger partial charge in [0, 0.05) is 17.1 Å². The Morgan fingerprint density at radius 2 is 1.52 bits per heavy atom. The molecule has 8 nitrogen and oxygen atoms in total. The SMILES string of the molecule is Cc1ccc(C)c(S(=O)(=O)Nc2ccc(Nc3ccc(-n4nc(C)c(C)c4C)nn3)cc2)c1. The Bertz CT molecular complexity index is 1410. The van der Waals surface area contributed by atoms with E-state index in [4.69, 9.17) is 0 Å². The first-order valence-electron chi connectivity index (χ1n) is 10.5. The third-order valence-electron chi connectivity index (χ3n) is 5.56. The van der Waals surface area contributed by atoms with Gasteiger partial charge in [0.05, 0.1) is 10.6 Å². The highest BCUT2D eigenvalue weighted by atomic mass is 32.2. The molecule has 0 spiro atoms. The van der Waals surface area contributed by atoms with Gasteiger partial charge in [0.15, 0.2) is 11.6 Å². The number of nitrogens with one attached hydrogen (secondary N) is 2. The van der Waals surface area contributed by atoms with Crippen molar-refractivity contribution in [2.75, 3.05) is 10.0 Å². The van der Waals surface area contributed by atoms with E-state index in [1.165, 1.54) is 0 Å². The van der Waals surface area contributed by atoms with E-state index in [2.05, 4.69) is 25.3 Å². The van der Waals surface area contributed by atoms with E-state index in [0.29, 0.717) is 22.9 Å². The van der Waals surface area contributed by atoms with Gasteiger partial charge in [-0.05, 0) is 93.8 Å². The number of rotatable bonds is 6. The van der Waals surface area contributed by atoms with E-state index in [1.54, 1.807) is 48.0 Å². The van der Waals surface area contributed by atoms with Gasteiger partial charge in [0.2, 0.25) is 0 Å². The molecule has 0 aliphatic carbocycles. The third kappa shape index (κ3) is 4.73. The molecule has 0 radical (unpaired) electrons. The molecule has 9 heteroatoms. The van der Waals surface area contributed by atoms with Crippen LogP contribution in [0.3, 0.4) is 0 Å². The predicted octanol–water partition coefficient (Wildman–Crippen LogP) is 4.75. The number of benzene rings is 2. The Morgan fingerprint density at radius 3 is 2.12 bits per heavy atom. The number of aryl methyl sites for hydroxylation is 3. The summed E-state index contributed by atoms with van der Waals surface area (Å²) in [7, 11) is -3.68. The second kappa shape index (κ2) is 8.67. The van der Waals surface area contributed by atoms with Crippen LogP contribution in [0, 0.1) is 34.6 Å². The molecule has 0 fully saturated rings. The van der Waals surface area contributed by atoms with Gasteiger partial charge in [-0.25, -0.2) is 13.1 Å². The number of hydrogen-bond donors (Lipinski definition) is 2. The lowest BCUT2D eigenvalue weighted by Gasteiger charge is -2.12. The molecule has 2 heterocycles. The zero-order valence-electron chi connectivity index (χ0n) is 19.2. The van der Waals surface area contributed by atoms with Crippen LogP contribution in [0.15, 0.2) is 59.5 Å². The first-order valence-corrected chi connectivity index (χ1v) is 12.0. The molecule has 0 aliphatic heterocycles. The summed E-state index contributed by atoms with van der Waals surface area (Å²) in [5.74, 6) is 1.21. The Labute approximate surface area is 193 Å². The Kier molecular flexibility index (Phi) is 5.90. The summed E-state index contributed by atoms with van der Waals surface area (Å²) in [5, 5.41) is 16.2. The summed E-state index contributed by atoms with van der Waals surface area (Å²) in [6.45, 7) is 9.65. The lowest BCUT2D eigenvalue weighted by molar-refractivity contribution is 0.600. The van der Waals surface area contributed by atoms with Crippen molar-refractivity contribution in [3.63, 3.8) is 0 Å². The standard InChI is InChI=1S/C24H26N6O2S/c1-15-6-7-16(2)22(14-15)33(31,32)29-21-10-8-20(9-11-21)25-23-12-13-24(27-26-23)30-19(5)17(3)18(4)28-30/h6-14,29H,1-5H3,(H,25,26). The van der Waals surface area contributed by atoms with E-state index in [0.717, 1.165) is 28.2 Å². The normalized spacial score (nSPS) is 11.4. The number of anilines is 3. The zero-order chi connectivity index (χ0) is 23.8. The number of aromatic nitrogens is 4. The number of nitrogens with zero attached hydrogens (tertiary/aromatic N) is 4. The molecule has 4 aromatic rings. The minimum atomic E-state index is -3.68. The molecular formula is C24H26N6O2S. The lowest BCUT2D eigenvalue weighted by atomic mass is 10.2. The minimum absolute atomic E-state index is 0.276. The predicted molar refractivity (Wildman–Crippen MR) is 130 cm³/mol. The van der Waals surface area contributed by atoms with Crippen LogP contribution in [0.5, 0.6) is 0 Å². The van der Waals surface area contributed by atoms with Crippen molar-refractivity contribution < 1.29 is 8.42 Å². The van der Waals surface area contributed by atoms with Gasteiger partial charge >= 0.3 is 0 Å². The fourth-order valence-corrected chi connectivity index (χ4v) is 4.81. The van der Waals surface area contributed by atoms with Gasteiger partial charge in [-0.1, -0.05) is 12.1 Å². The second-order valence-electron chi connectivity index (χ2n) is 8.06. The molecule has 0 atom stereocenters. The third-order valence-corrected chi connectivity index (χ3v) is 7.09. The van der Waals surface area contributed by atoms with Crippen LogP contribution >= 0.6 is 0 Å². The Morgan fingerprint density at radius 1 is 0.818 bits per heavy atom. The van der Waals surface area contributed by atoms with Crippen molar-refractivity contribution in [2.24, 2.45) is 0 Å². The molecule has 2 N–H and O–H groups in total. The van der Waals surface area contributed by atoms with Gasteiger partial charge in [-0.15, -0.1) is 10.2 Å². The summed E-state index contributed by atoms with van der Waals surface area (Å²) in [6, 6.07) is 16.0. The highest BCUT2D eigenvalue weighted by Gasteiger charge is 2.17. The molecule has 2 aromatic heterocycles. The van der Waals surface area contributed by atoms with Crippen LogP contribution < -0.4 is 10.0 Å². The molecular weight excluding hydrogens is 436 g/mol. The van der Waals surface area contributed by atoms with E-state index >= 15 is 0 Å². The molecule has 0 saturated carbocycles. The first kappa shape index (κ1) is 22.5. The van der Waals surface area contributed by atoms with Crippen LogP contribution in [0.1, 0.15) is 28.1 Å². The van der Waals surface area contributed by atoms with Crippen molar-refractivity contribution in [2.45, 2.75) is 39.5 Å². The van der Waals surface area contributed by atoms with Gasteiger partial charge < -0.3 is 5.32 Å². The zero-order valence-corrected chi connectivity index (χ0v) is 20.0. The van der Waals surface area contributed by atoms with Crippen LogP contribution in [0.2, 0.25) is 0 Å². The van der Waals surface area contributed by atoms with Crippen LogP contribution in [0.4, 0.5) is 17.2 Å². The molecule has 0 bridgehead atoms. The molecule has 33 heavy (non-hydrogen) atoms. The van der Waals surface area contributed by atoms with Crippen molar-refractivity contribution in [3.8, 4) is 5.82 Å². The second-order valence-corrected chi connectivity index (χ2v) is 9.71. The van der Waals surface area contributed by atoms with E-state index < -0.39 is 10.0 Å². The van der Waals surface area contributed by atoms with E-state index in [1.807, 2.05) is 45.9 Å². The Balaban J connectivity index is 1.46. The maximum Gasteiger partial charge on any atom is 0.262 e. The summed E-state index contributed by atoms with van der Waals surface area (Å²) in [4.78, 5) is 0.276. The topological polar surface area (TPSA) is 102 Å². The fourth-order valence-electron chi connectivity index (χ4n) is 3.43. The van der Waals surface area contributed by atoms with Crippen molar-refractivity contribution in [1.29, 1.82) is 0 Å². The van der Waals surface area contributed by atoms with Crippen molar-refractivity contribution in [3.05, 3.63) is 82.7 Å². The maximum absolute atomic E-state index is 12.8. The molecule has 0 saturated heterocycles. The summed E-state index contributed by atoms with van der Waals surface area (Å²) in [6.07, 6.45) is 0. The van der Waals surface area contributed by atoms with Gasteiger partial charge in [-0.3, -0.25) is 4.72 Å². The molecule has 0 unspecified atom stereocenters. The summed E-state index contributed by atoms with van der Waals surface area (Å²) < 4.78 is 30.0. The molecule has 0 amide bonds. The fraction of sp³-hybridized carbons (Fsp3) is 0.208. The highest BCUT2D eigenvalue weighted by Crippen LogP contribution is 2.23. The van der Waals surface area contributed by atoms with Crippen LogP contribution in [-0.4, -0.2) is 28.4 Å². The smallest absolute Gasteiger partial charge is 0.262 e. The van der Waals surface area contributed by atoms with Gasteiger partial charge in [0.25, 0.3) is 10.0 Å². The number of sulfonamides is 1. The molecule has 0 aliphatic rings. The number of hydrogen-bond acceptors (Lipinski definition) is 6. The van der Waals surface area contributed by atoms with Crippen molar-refractivity contribution in [1.82, 2.24) is 20.0 Å². The average Bonchev–Trinajstić information content (AvgIpc) is 3.04. The maximum atomic E-state index is 12.8. The van der Waals surface area contributed by atoms with Gasteiger partial charge in [-0.2, -0.15) is 5.10 Å². The van der Waals surface area contributed by atoms with E-state index in [-0.39, 0.29) is 4.90 Å². The Hall–Kier alpha value is -3.72. The minimum Gasteiger partial charge on any atom is -0.339 e. The first-order chi connectivity index (χ1) is 15.6. The van der Waals surface area contributed by atoms with Gasteiger partial charge in [0.1, 0.15) is 0 Å². The van der Waals surface area contributed by atoms with Crippen LogP contribution in [0.25, 0.3) is 5.82 Å². The van der Waals surface area contributed by atoms with Crippen molar-refractivity contribution >= 4 is 27.2 Å². The van der Waals surface area contributed by atoms with Crippen LogP contribution in [-0.2, 0) is 10.0 Å². The van der Waals surface area contributed by atoms with E-state index in [9.17, 15) is 8.42 Å². The average molecular weight is 463 g/mol. The lowest BCUT2D eigenvalue weighted by Crippen LogP contribution is -2.14. The monoisotopic (exact) mass is 462 g/mol. The molecule has 2 aromatic carbocycles. The largest absolute Gasteiger partial charge is 0.339 e. The summed E-state index contributed by atoms with van der Waals surface area (Å²) >= 11 is 0. The highest BCUT2D eigenvalue weighted by molar-refractivity contribution is 7.92. The quantitative estimate of drug-likeness (QED) is 0.429. The molecule has 170 valence electrons.